The van der Waals surface area contributed by atoms with Crippen LogP contribution in [0, 0.1) is 0 Å². The van der Waals surface area contributed by atoms with E-state index in [9.17, 15) is 4.79 Å². The van der Waals surface area contributed by atoms with E-state index in [1.54, 1.807) is 0 Å². The number of hydrogen-bond acceptors (Lipinski definition) is 2. The van der Waals surface area contributed by atoms with Crippen LogP contribution in [0.25, 0.3) is 0 Å². The lowest BCUT2D eigenvalue weighted by atomic mass is 10.0. The minimum atomic E-state index is 0.231. The van der Waals surface area contributed by atoms with Crippen LogP contribution in [0.4, 0.5) is 0 Å². The Morgan fingerprint density at radius 2 is 1.95 bits per heavy atom. The lowest BCUT2D eigenvalue weighted by Crippen LogP contribution is -2.39. The molecule has 106 valence electrons. The Labute approximate surface area is 120 Å². The number of carbonyl (C=O) groups is 1. The topological polar surface area (TPSA) is 32.3 Å². The second kappa shape index (κ2) is 4.88. The predicted octanol–water partition coefficient (Wildman–Crippen LogP) is 2.14. The van der Waals surface area contributed by atoms with Gasteiger partial charge in [-0.1, -0.05) is 6.07 Å². The van der Waals surface area contributed by atoms with Gasteiger partial charge in [0.25, 0.3) is 5.91 Å². The number of nitrogens with one attached hydrogen (secondary N) is 1. The fraction of sp³-hybridized carbons (Fsp3) is 0.588. The van der Waals surface area contributed by atoms with Gasteiger partial charge in [0.15, 0.2) is 0 Å². The number of fused-ring (bicyclic) bond motifs is 3. The summed E-state index contributed by atoms with van der Waals surface area (Å²) in [4.78, 5) is 14.8. The van der Waals surface area contributed by atoms with Crippen molar-refractivity contribution in [3.63, 3.8) is 0 Å². The van der Waals surface area contributed by atoms with E-state index < -0.39 is 0 Å². The second-order valence-electron chi connectivity index (χ2n) is 6.51. The molecule has 0 radical (unpaired) electrons. The fourth-order valence-electron chi connectivity index (χ4n) is 4.01. The average molecular weight is 270 g/mol. The van der Waals surface area contributed by atoms with Crippen molar-refractivity contribution in [2.75, 3.05) is 13.1 Å². The van der Waals surface area contributed by atoms with Crippen LogP contribution in [0.5, 0.6) is 0 Å². The van der Waals surface area contributed by atoms with E-state index in [1.165, 1.54) is 36.8 Å². The summed E-state index contributed by atoms with van der Waals surface area (Å²) in [6.07, 6.45) is 7.17. The molecule has 2 unspecified atom stereocenters. The predicted molar refractivity (Wildman–Crippen MR) is 78.9 cm³/mol. The van der Waals surface area contributed by atoms with Crippen molar-refractivity contribution in [3.05, 3.63) is 34.9 Å². The summed E-state index contributed by atoms with van der Waals surface area (Å²) < 4.78 is 0. The number of likely N-dealkylation sites (tertiary alicyclic amines) is 1. The van der Waals surface area contributed by atoms with Gasteiger partial charge in [0.1, 0.15) is 0 Å². The van der Waals surface area contributed by atoms with Crippen molar-refractivity contribution in [2.24, 2.45) is 0 Å². The first-order chi connectivity index (χ1) is 9.79. The van der Waals surface area contributed by atoms with Gasteiger partial charge in [0, 0.05) is 30.7 Å². The summed E-state index contributed by atoms with van der Waals surface area (Å²) in [5, 5.41) is 3.64. The SMILES string of the molecule is O=C(c1ccc2c(c1)CCC2)N1CCC2CCC(C1)N2. The largest absolute Gasteiger partial charge is 0.337 e. The Kier molecular flexibility index (Phi) is 3.03. The van der Waals surface area contributed by atoms with Crippen LogP contribution in [-0.2, 0) is 12.8 Å². The zero-order valence-corrected chi connectivity index (χ0v) is 11.9. The van der Waals surface area contributed by atoms with Crippen LogP contribution in [0.15, 0.2) is 18.2 Å². The van der Waals surface area contributed by atoms with Crippen molar-refractivity contribution < 1.29 is 4.79 Å². The molecule has 2 aliphatic heterocycles. The molecule has 2 bridgehead atoms. The van der Waals surface area contributed by atoms with E-state index >= 15 is 0 Å². The molecule has 1 aliphatic carbocycles. The maximum absolute atomic E-state index is 12.7. The van der Waals surface area contributed by atoms with Crippen molar-refractivity contribution in [2.45, 2.75) is 50.6 Å². The third-order valence-electron chi connectivity index (χ3n) is 5.16. The minimum absolute atomic E-state index is 0.231. The van der Waals surface area contributed by atoms with E-state index in [2.05, 4.69) is 22.3 Å². The van der Waals surface area contributed by atoms with E-state index in [0.29, 0.717) is 12.1 Å². The molecule has 3 nitrogen and oxygen atoms in total. The summed E-state index contributed by atoms with van der Waals surface area (Å²) >= 11 is 0. The molecule has 1 N–H and O–H groups in total. The highest BCUT2D eigenvalue weighted by Gasteiger charge is 2.31. The van der Waals surface area contributed by atoms with Crippen molar-refractivity contribution in [1.82, 2.24) is 10.2 Å². The average Bonchev–Trinajstić information content (AvgIpc) is 3.03. The van der Waals surface area contributed by atoms with Gasteiger partial charge >= 0.3 is 0 Å². The molecule has 2 saturated heterocycles. The van der Waals surface area contributed by atoms with Crippen LogP contribution >= 0.6 is 0 Å². The van der Waals surface area contributed by atoms with Crippen molar-refractivity contribution >= 4 is 5.91 Å². The quantitative estimate of drug-likeness (QED) is 0.848. The summed E-state index contributed by atoms with van der Waals surface area (Å²) in [7, 11) is 0. The summed E-state index contributed by atoms with van der Waals surface area (Å²) in [5.74, 6) is 0.231. The summed E-state index contributed by atoms with van der Waals surface area (Å²) in [6, 6.07) is 7.49. The standard InChI is InChI=1S/C17H22N2O/c20-17(14-5-4-12-2-1-3-13(12)10-14)19-9-8-15-6-7-16(11-19)18-15/h4-5,10,15-16,18H,1-3,6-9,11H2. The molecule has 3 aliphatic rings. The van der Waals surface area contributed by atoms with Gasteiger partial charge < -0.3 is 10.2 Å². The first kappa shape index (κ1) is 12.4. The number of amides is 1. The first-order valence-electron chi connectivity index (χ1n) is 7.97. The highest BCUT2D eigenvalue weighted by Crippen LogP contribution is 2.25. The normalized spacial score (nSPS) is 28.3. The number of benzene rings is 1. The monoisotopic (exact) mass is 270 g/mol. The molecule has 0 aromatic heterocycles. The molecular formula is C17H22N2O. The summed E-state index contributed by atoms with van der Waals surface area (Å²) in [6.45, 7) is 1.79. The van der Waals surface area contributed by atoms with Gasteiger partial charge in [-0.05, 0) is 61.8 Å². The highest BCUT2D eigenvalue weighted by atomic mass is 16.2. The van der Waals surface area contributed by atoms with Gasteiger partial charge in [-0.2, -0.15) is 0 Å². The maximum atomic E-state index is 12.7. The van der Waals surface area contributed by atoms with Crippen LogP contribution in [-0.4, -0.2) is 36.0 Å². The minimum Gasteiger partial charge on any atom is -0.337 e. The Morgan fingerprint density at radius 1 is 1.10 bits per heavy atom. The van der Waals surface area contributed by atoms with Crippen LogP contribution < -0.4 is 5.32 Å². The number of hydrogen-bond donors (Lipinski definition) is 1. The Balaban J connectivity index is 1.54. The van der Waals surface area contributed by atoms with Gasteiger partial charge in [-0.15, -0.1) is 0 Å². The third-order valence-corrected chi connectivity index (χ3v) is 5.16. The highest BCUT2D eigenvalue weighted by molar-refractivity contribution is 5.94. The van der Waals surface area contributed by atoms with E-state index in [1.807, 2.05) is 6.07 Å². The molecule has 0 saturated carbocycles. The zero-order valence-electron chi connectivity index (χ0n) is 11.9. The van der Waals surface area contributed by atoms with Crippen LogP contribution in [0.3, 0.4) is 0 Å². The lowest BCUT2D eigenvalue weighted by Gasteiger charge is -2.24. The van der Waals surface area contributed by atoms with Gasteiger partial charge in [0.05, 0.1) is 0 Å². The summed E-state index contributed by atoms with van der Waals surface area (Å²) in [5.41, 5.74) is 3.73. The number of aryl methyl sites for hydroxylation is 2. The van der Waals surface area contributed by atoms with Gasteiger partial charge in [0.2, 0.25) is 0 Å². The third kappa shape index (κ3) is 2.14. The van der Waals surface area contributed by atoms with E-state index in [-0.39, 0.29) is 5.91 Å². The molecule has 20 heavy (non-hydrogen) atoms. The smallest absolute Gasteiger partial charge is 0.253 e. The molecule has 1 aromatic rings. The number of carbonyl (C=O) groups excluding carboxylic acids is 1. The molecule has 1 aromatic carbocycles. The molecule has 0 spiro atoms. The Hall–Kier alpha value is -1.35. The van der Waals surface area contributed by atoms with Gasteiger partial charge in [-0.3, -0.25) is 4.79 Å². The molecule has 3 heteroatoms. The Morgan fingerprint density at radius 3 is 2.90 bits per heavy atom. The molecule has 4 rings (SSSR count). The van der Waals surface area contributed by atoms with E-state index in [4.69, 9.17) is 0 Å². The first-order valence-corrected chi connectivity index (χ1v) is 7.97. The van der Waals surface area contributed by atoms with Crippen LogP contribution in [0.1, 0.15) is 47.2 Å². The van der Waals surface area contributed by atoms with Crippen molar-refractivity contribution in [3.8, 4) is 0 Å². The van der Waals surface area contributed by atoms with Gasteiger partial charge in [-0.25, -0.2) is 0 Å². The Bertz CT molecular complexity index is 540. The lowest BCUT2D eigenvalue weighted by molar-refractivity contribution is 0.0748. The molecular weight excluding hydrogens is 248 g/mol. The zero-order chi connectivity index (χ0) is 13.5. The maximum Gasteiger partial charge on any atom is 0.253 e. The molecule has 1 amide bonds. The van der Waals surface area contributed by atoms with E-state index in [0.717, 1.165) is 31.5 Å². The molecule has 2 atom stereocenters. The number of rotatable bonds is 1. The van der Waals surface area contributed by atoms with Crippen LogP contribution in [0.2, 0.25) is 0 Å². The molecule has 2 fully saturated rings. The molecule has 2 heterocycles. The number of nitrogens with zero attached hydrogens (tertiary/aromatic N) is 1. The van der Waals surface area contributed by atoms with Crippen molar-refractivity contribution in [1.29, 1.82) is 0 Å². The second-order valence-corrected chi connectivity index (χ2v) is 6.51. The fourth-order valence-corrected chi connectivity index (χ4v) is 4.01.